The SMILES string of the molecule is CN(CCC(=O)O)C(=O)CC[C@H](NC(=O)OCC1c2ccccc2-c2ccccc21)C(F)(F)F. The van der Waals surface area contributed by atoms with Gasteiger partial charge in [-0.05, 0) is 28.7 Å². The molecule has 182 valence electrons. The minimum absolute atomic E-state index is 0.120. The first-order valence-electron chi connectivity index (χ1n) is 10.7. The summed E-state index contributed by atoms with van der Waals surface area (Å²) >= 11 is 0. The smallest absolute Gasteiger partial charge is 0.408 e. The molecule has 0 aliphatic heterocycles. The molecular formula is C24H25F3N2O5. The monoisotopic (exact) mass is 478 g/mol. The van der Waals surface area contributed by atoms with Gasteiger partial charge in [-0.3, -0.25) is 9.59 Å². The Morgan fingerprint density at radius 1 is 1.03 bits per heavy atom. The van der Waals surface area contributed by atoms with E-state index in [2.05, 4.69) is 0 Å². The van der Waals surface area contributed by atoms with Gasteiger partial charge in [-0.15, -0.1) is 0 Å². The normalized spacial score (nSPS) is 13.5. The molecule has 0 bridgehead atoms. The van der Waals surface area contributed by atoms with E-state index in [0.29, 0.717) is 0 Å². The molecule has 34 heavy (non-hydrogen) atoms. The fourth-order valence-electron chi connectivity index (χ4n) is 3.95. The number of ether oxygens (including phenoxy) is 1. The quantitative estimate of drug-likeness (QED) is 0.564. The number of carbonyl (C=O) groups excluding carboxylic acids is 2. The van der Waals surface area contributed by atoms with Gasteiger partial charge in [0.15, 0.2) is 0 Å². The van der Waals surface area contributed by atoms with Crippen molar-refractivity contribution in [2.75, 3.05) is 20.2 Å². The number of hydrogen-bond acceptors (Lipinski definition) is 4. The van der Waals surface area contributed by atoms with Crippen LogP contribution >= 0.6 is 0 Å². The predicted molar refractivity (Wildman–Crippen MR) is 117 cm³/mol. The van der Waals surface area contributed by atoms with E-state index in [1.54, 1.807) is 0 Å². The minimum atomic E-state index is -4.79. The Morgan fingerprint density at radius 3 is 2.12 bits per heavy atom. The third kappa shape index (κ3) is 6.06. The highest BCUT2D eigenvalue weighted by atomic mass is 19.4. The van der Waals surface area contributed by atoms with Crippen molar-refractivity contribution < 1.29 is 37.4 Å². The molecule has 0 saturated heterocycles. The van der Waals surface area contributed by atoms with Crippen LogP contribution in [0.2, 0.25) is 0 Å². The summed E-state index contributed by atoms with van der Waals surface area (Å²) in [6.45, 7) is -0.258. The maximum absolute atomic E-state index is 13.4. The largest absolute Gasteiger partial charge is 0.481 e. The maximum Gasteiger partial charge on any atom is 0.408 e. The molecule has 2 N–H and O–H groups in total. The van der Waals surface area contributed by atoms with Crippen molar-refractivity contribution in [3.8, 4) is 11.1 Å². The van der Waals surface area contributed by atoms with Gasteiger partial charge in [0.25, 0.3) is 0 Å². The topological polar surface area (TPSA) is 95.9 Å². The van der Waals surface area contributed by atoms with Crippen LogP contribution in [0.5, 0.6) is 0 Å². The van der Waals surface area contributed by atoms with Crippen molar-refractivity contribution >= 4 is 18.0 Å². The summed E-state index contributed by atoms with van der Waals surface area (Å²) < 4.78 is 45.5. The van der Waals surface area contributed by atoms with Gasteiger partial charge in [0, 0.05) is 25.9 Å². The number of amides is 2. The molecule has 1 aliphatic carbocycles. The fourth-order valence-corrected chi connectivity index (χ4v) is 3.95. The average Bonchev–Trinajstić information content (AvgIpc) is 3.11. The lowest BCUT2D eigenvalue weighted by molar-refractivity contribution is -0.157. The van der Waals surface area contributed by atoms with E-state index < -0.39 is 43.0 Å². The highest BCUT2D eigenvalue weighted by Crippen LogP contribution is 2.44. The molecule has 2 amide bonds. The number of carboxylic acids is 1. The number of nitrogens with zero attached hydrogens (tertiary/aromatic N) is 1. The molecule has 0 spiro atoms. The van der Waals surface area contributed by atoms with Crippen LogP contribution in [0, 0.1) is 0 Å². The van der Waals surface area contributed by atoms with Gasteiger partial charge in [0.1, 0.15) is 12.6 Å². The zero-order valence-electron chi connectivity index (χ0n) is 18.5. The van der Waals surface area contributed by atoms with Crippen molar-refractivity contribution in [3.05, 3.63) is 59.7 Å². The Bertz CT molecular complexity index is 1010. The zero-order valence-corrected chi connectivity index (χ0v) is 18.5. The standard InChI is InChI=1S/C24H25F3N2O5/c1-29(13-12-22(31)32)21(30)11-10-20(24(25,26)27)28-23(33)34-14-19-17-8-4-2-6-15(17)16-7-3-5-9-18(16)19/h2-9,19-20H,10-14H2,1H3,(H,28,33)(H,31,32)/t20-/m0/s1. The lowest BCUT2D eigenvalue weighted by atomic mass is 9.98. The maximum atomic E-state index is 13.4. The Balaban J connectivity index is 1.59. The molecule has 2 aromatic carbocycles. The summed E-state index contributed by atoms with van der Waals surface area (Å²) in [6.07, 6.45) is -7.53. The van der Waals surface area contributed by atoms with Crippen molar-refractivity contribution in [2.45, 2.75) is 37.4 Å². The summed E-state index contributed by atoms with van der Waals surface area (Å²) in [4.78, 5) is 35.9. The second-order valence-corrected chi connectivity index (χ2v) is 8.06. The van der Waals surface area contributed by atoms with Crippen LogP contribution in [0.15, 0.2) is 48.5 Å². The van der Waals surface area contributed by atoms with Gasteiger partial charge in [-0.25, -0.2) is 4.79 Å². The first-order valence-corrected chi connectivity index (χ1v) is 10.7. The summed E-state index contributed by atoms with van der Waals surface area (Å²) in [5.41, 5.74) is 3.84. The van der Waals surface area contributed by atoms with Gasteiger partial charge >= 0.3 is 18.2 Å². The number of carboxylic acid groups (broad SMARTS) is 1. The number of alkyl halides is 3. The Kier molecular flexibility index (Phi) is 7.80. The van der Waals surface area contributed by atoms with E-state index >= 15 is 0 Å². The number of benzene rings is 2. The Morgan fingerprint density at radius 2 is 1.59 bits per heavy atom. The lowest BCUT2D eigenvalue weighted by Crippen LogP contribution is -2.46. The predicted octanol–water partition coefficient (Wildman–Crippen LogP) is 4.17. The van der Waals surface area contributed by atoms with E-state index in [0.717, 1.165) is 27.2 Å². The molecule has 0 radical (unpaired) electrons. The van der Waals surface area contributed by atoms with Crippen molar-refractivity contribution in [1.82, 2.24) is 10.2 Å². The van der Waals surface area contributed by atoms with Crippen LogP contribution in [-0.4, -0.2) is 60.4 Å². The lowest BCUT2D eigenvalue weighted by Gasteiger charge is -2.23. The molecule has 0 saturated carbocycles. The van der Waals surface area contributed by atoms with Crippen LogP contribution < -0.4 is 5.32 Å². The van der Waals surface area contributed by atoms with Crippen LogP contribution in [0.25, 0.3) is 11.1 Å². The van der Waals surface area contributed by atoms with Gasteiger partial charge in [0.05, 0.1) is 6.42 Å². The van der Waals surface area contributed by atoms with Crippen LogP contribution in [0.1, 0.15) is 36.3 Å². The number of nitrogens with one attached hydrogen (secondary N) is 1. The first kappa shape index (κ1) is 25.1. The summed E-state index contributed by atoms with van der Waals surface area (Å²) in [5.74, 6) is -2.07. The molecule has 1 aliphatic rings. The third-order valence-electron chi connectivity index (χ3n) is 5.76. The zero-order chi connectivity index (χ0) is 24.9. The second-order valence-electron chi connectivity index (χ2n) is 8.06. The molecule has 0 heterocycles. The summed E-state index contributed by atoms with van der Waals surface area (Å²) in [7, 11) is 1.31. The van der Waals surface area contributed by atoms with E-state index in [4.69, 9.17) is 9.84 Å². The van der Waals surface area contributed by atoms with Gasteiger partial charge < -0.3 is 20.1 Å². The molecule has 7 nitrogen and oxygen atoms in total. The summed E-state index contributed by atoms with van der Waals surface area (Å²) in [6, 6.07) is 12.9. The van der Waals surface area contributed by atoms with Crippen molar-refractivity contribution in [2.24, 2.45) is 0 Å². The molecule has 3 rings (SSSR count). The van der Waals surface area contributed by atoms with E-state index in [9.17, 15) is 27.6 Å². The van der Waals surface area contributed by atoms with Crippen molar-refractivity contribution in [1.29, 1.82) is 0 Å². The first-order chi connectivity index (χ1) is 16.1. The van der Waals surface area contributed by atoms with Crippen molar-refractivity contribution in [3.63, 3.8) is 0 Å². The van der Waals surface area contributed by atoms with Gasteiger partial charge in [-0.1, -0.05) is 48.5 Å². The van der Waals surface area contributed by atoms with Gasteiger partial charge in [0.2, 0.25) is 5.91 Å². The second kappa shape index (κ2) is 10.6. The number of fused-ring (bicyclic) bond motifs is 3. The number of hydrogen-bond donors (Lipinski definition) is 2. The Labute approximate surface area is 194 Å². The molecule has 0 fully saturated rings. The molecular weight excluding hydrogens is 453 g/mol. The highest BCUT2D eigenvalue weighted by molar-refractivity contribution is 5.79. The minimum Gasteiger partial charge on any atom is -0.481 e. The molecule has 0 unspecified atom stereocenters. The number of rotatable bonds is 9. The van der Waals surface area contributed by atoms with Crippen LogP contribution in [0.3, 0.4) is 0 Å². The summed E-state index contributed by atoms with van der Waals surface area (Å²) in [5, 5.41) is 10.5. The average molecular weight is 478 g/mol. The van der Waals surface area contributed by atoms with Crippen LogP contribution in [0.4, 0.5) is 18.0 Å². The van der Waals surface area contributed by atoms with Gasteiger partial charge in [-0.2, -0.15) is 13.2 Å². The van der Waals surface area contributed by atoms with Crippen LogP contribution in [-0.2, 0) is 14.3 Å². The van der Waals surface area contributed by atoms with E-state index in [-0.39, 0.29) is 25.5 Å². The van der Waals surface area contributed by atoms with E-state index in [1.807, 2.05) is 53.8 Å². The molecule has 0 aromatic heterocycles. The third-order valence-corrected chi connectivity index (χ3v) is 5.76. The number of alkyl carbamates (subject to hydrolysis) is 1. The molecule has 2 aromatic rings. The van der Waals surface area contributed by atoms with E-state index in [1.165, 1.54) is 7.05 Å². The number of halogens is 3. The number of aliphatic carboxylic acids is 1. The Hall–Kier alpha value is -3.56. The highest BCUT2D eigenvalue weighted by Gasteiger charge is 2.41. The molecule has 10 heteroatoms. The fraction of sp³-hybridized carbons (Fsp3) is 0.375. The number of carbonyl (C=O) groups is 3. The molecule has 1 atom stereocenters.